The Balaban J connectivity index is 1.50. The van der Waals surface area contributed by atoms with E-state index in [-0.39, 0.29) is 0 Å². The van der Waals surface area contributed by atoms with Crippen LogP contribution < -0.4 is 4.90 Å². The molecule has 0 bridgehead atoms. The Kier molecular flexibility index (Phi) is 4.10. The number of nitrogens with zero attached hydrogens (tertiary/aromatic N) is 3. The topological polar surface area (TPSA) is 53.5 Å². The third-order valence-electron chi connectivity index (χ3n) is 4.83. The van der Waals surface area contributed by atoms with Gasteiger partial charge in [0.05, 0.1) is 4.90 Å². The minimum Gasteiger partial charge on any atom is -0.345 e. The molecular weight excluding hydrogens is 342 g/mol. The summed E-state index contributed by atoms with van der Waals surface area (Å²) >= 11 is 1.66. The third-order valence-corrected chi connectivity index (χ3v) is 7.69. The van der Waals surface area contributed by atoms with Gasteiger partial charge in [0.25, 0.3) is 0 Å². The number of benzene rings is 1. The molecule has 7 heteroatoms. The van der Waals surface area contributed by atoms with Gasteiger partial charge in [0.15, 0.2) is 5.13 Å². The Morgan fingerprint density at radius 1 is 1.08 bits per heavy atom. The summed E-state index contributed by atoms with van der Waals surface area (Å²) in [5.74, 6) is 0. The highest BCUT2D eigenvalue weighted by atomic mass is 32.2. The lowest BCUT2D eigenvalue weighted by atomic mass is 10.1. The monoisotopic (exact) mass is 363 g/mol. The molecule has 2 aliphatic rings. The molecule has 2 heterocycles. The number of hydrogen-bond acceptors (Lipinski definition) is 5. The standard InChI is InChI=1S/C17H21N3O2S2/c1-13-12-18-17(23-13)19-7-9-20(10-8-19)24(21,22)16-6-5-14-3-2-4-15(14)11-16/h5-6,11-12H,2-4,7-10H2,1H3. The fourth-order valence-corrected chi connectivity index (χ4v) is 5.75. The van der Waals surface area contributed by atoms with E-state index in [2.05, 4.69) is 9.88 Å². The normalized spacial score (nSPS) is 18.8. The van der Waals surface area contributed by atoms with E-state index in [1.807, 2.05) is 25.3 Å². The van der Waals surface area contributed by atoms with E-state index in [0.29, 0.717) is 31.1 Å². The second kappa shape index (κ2) is 6.13. The first kappa shape index (κ1) is 16.1. The highest BCUT2D eigenvalue weighted by Gasteiger charge is 2.30. The predicted molar refractivity (Wildman–Crippen MR) is 96.3 cm³/mol. The first-order chi connectivity index (χ1) is 11.5. The van der Waals surface area contributed by atoms with Crippen LogP contribution in [0.4, 0.5) is 5.13 Å². The van der Waals surface area contributed by atoms with Gasteiger partial charge in [-0.3, -0.25) is 0 Å². The summed E-state index contributed by atoms with van der Waals surface area (Å²) in [6.45, 7) is 4.44. The summed E-state index contributed by atoms with van der Waals surface area (Å²) in [6, 6.07) is 5.65. The van der Waals surface area contributed by atoms with Gasteiger partial charge in [-0.1, -0.05) is 6.07 Å². The van der Waals surface area contributed by atoms with Crippen LogP contribution in [0.2, 0.25) is 0 Å². The van der Waals surface area contributed by atoms with E-state index in [4.69, 9.17) is 0 Å². The van der Waals surface area contributed by atoms with E-state index >= 15 is 0 Å². The Hall–Kier alpha value is -1.44. The largest absolute Gasteiger partial charge is 0.345 e. The molecule has 1 saturated heterocycles. The van der Waals surface area contributed by atoms with Gasteiger partial charge >= 0.3 is 0 Å². The lowest BCUT2D eigenvalue weighted by Crippen LogP contribution is -2.48. The molecule has 0 unspecified atom stereocenters. The predicted octanol–water partition coefficient (Wildman–Crippen LogP) is 2.45. The molecule has 4 rings (SSSR count). The fraction of sp³-hybridized carbons (Fsp3) is 0.471. The molecule has 128 valence electrons. The second-order valence-electron chi connectivity index (χ2n) is 6.43. The molecule has 0 saturated carbocycles. The zero-order chi connectivity index (χ0) is 16.7. The number of thiazole rings is 1. The van der Waals surface area contributed by atoms with Gasteiger partial charge in [0, 0.05) is 37.3 Å². The Morgan fingerprint density at radius 3 is 2.54 bits per heavy atom. The number of sulfonamides is 1. The molecule has 0 spiro atoms. The summed E-state index contributed by atoms with van der Waals surface area (Å²) in [7, 11) is -3.39. The molecule has 5 nitrogen and oxygen atoms in total. The van der Waals surface area contributed by atoms with Gasteiger partial charge < -0.3 is 4.90 Å². The van der Waals surface area contributed by atoms with Gasteiger partial charge in [-0.15, -0.1) is 11.3 Å². The summed E-state index contributed by atoms with van der Waals surface area (Å²) < 4.78 is 27.5. The SMILES string of the molecule is Cc1cnc(N2CCN(S(=O)(=O)c3ccc4c(c3)CCC4)CC2)s1. The lowest BCUT2D eigenvalue weighted by Gasteiger charge is -2.33. The van der Waals surface area contributed by atoms with Crippen LogP contribution in [0.3, 0.4) is 0 Å². The molecule has 1 fully saturated rings. The highest BCUT2D eigenvalue weighted by molar-refractivity contribution is 7.89. The smallest absolute Gasteiger partial charge is 0.243 e. The molecular formula is C17H21N3O2S2. The van der Waals surface area contributed by atoms with Crippen molar-refractivity contribution in [2.45, 2.75) is 31.1 Å². The molecule has 1 aliphatic carbocycles. The number of piperazine rings is 1. The molecule has 0 N–H and O–H groups in total. The van der Waals surface area contributed by atoms with Crippen molar-refractivity contribution in [3.63, 3.8) is 0 Å². The lowest BCUT2D eigenvalue weighted by molar-refractivity contribution is 0.384. The van der Waals surface area contributed by atoms with Crippen molar-refractivity contribution in [2.24, 2.45) is 0 Å². The average Bonchev–Trinajstić information content (AvgIpc) is 3.23. The van der Waals surface area contributed by atoms with Gasteiger partial charge in [-0.2, -0.15) is 4.31 Å². The van der Waals surface area contributed by atoms with Crippen molar-refractivity contribution in [2.75, 3.05) is 31.1 Å². The number of rotatable bonds is 3. The molecule has 0 amide bonds. The highest BCUT2D eigenvalue weighted by Crippen LogP contribution is 2.28. The van der Waals surface area contributed by atoms with Gasteiger partial charge in [0.2, 0.25) is 10.0 Å². The van der Waals surface area contributed by atoms with E-state index in [1.165, 1.54) is 16.0 Å². The fourth-order valence-electron chi connectivity index (χ4n) is 3.47. The summed E-state index contributed by atoms with van der Waals surface area (Å²) in [5, 5.41) is 0.988. The average molecular weight is 364 g/mol. The number of anilines is 1. The van der Waals surface area contributed by atoms with E-state index in [0.717, 1.165) is 24.4 Å². The van der Waals surface area contributed by atoms with Crippen molar-refractivity contribution in [3.05, 3.63) is 40.4 Å². The molecule has 1 aliphatic heterocycles. The Bertz CT molecular complexity index is 852. The maximum atomic E-state index is 12.9. The van der Waals surface area contributed by atoms with Crippen molar-refractivity contribution in [1.82, 2.24) is 9.29 Å². The van der Waals surface area contributed by atoms with Crippen LogP contribution in [-0.2, 0) is 22.9 Å². The van der Waals surface area contributed by atoms with Gasteiger partial charge in [-0.25, -0.2) is 13.4 Å². The molecule has 1 aromatic heterocycles. The van der Waals surface area contributed by atoms with Crippen molar-refractivity contribution in [1.29, 1.82) is 0 Å². The zero-order valence-corrected chi connectivity index (χ0v) is 15.4. The molecule has 2 aromatic rings. The van der Waals surface area contributed by atoms with Crippen LogP contribution in [0.15, 0.2) is 29.3 Å². The zero-order valence-electron chi connectivity index (χ0n) is 13.7. The van der Waals surface area contributed by atoms with E-state index in [9.17, 15) is 8.42 Å². The summed E-state index contributed by atoms with van der Waals surface area (Å²) in [6.07, 6.45) is 5.07. The van der Waals surface area contributed by atoms with Crippen LogP contribution in [-0.4, -0.2) is 43.9 Å². The minimum atomic E-state index is -3.39. The Labute approximate surface area is 147 Å². The van der Waals surface area contributed by atoms with E-state index in [1.54, 1.807) is 21.7 Å². The quantitative estimate of drug-likeness (QED) is 0.841. The second-order valence-corrected chi connectivity index (χ2v) is 9.58. The van der Waals surface area contributed by atoms with Crippen molar-refractivity contribution < 1.29 is 8.42 Å². The summed E-state index contributed by atoms with van der Waals surface area (Å²) in [4.78, 5) is 8.20. The molecule has 1 aromatic carbocycles. The van der Waals surface area contributed by atoms with E-state index < -0.39 is 10.0 Å². The van der Waals surface area contributed by atoms with Crippen LogP contribution >= 0.6 is 11.3 Å². The van der Waals surface area contributed by atoms with Gasteiger partial charge in [0.1, 0.15) is 0 Å². The Morgan fingerprint density at radius 2 is 1.83 bits per heavy atom. The maximum Gasteiger partial charge on any atom is 0.243 e. The van der Waals surface area contributed by atoms with Crippen LogP contribution in [0.5, 0.6) is 0 Å². The molecule has 0 atom stereocenters. The van der Waals surface area contributed by atoms with Crippen LogP contribution in [0.25, 0.3) is 0 Å². The number of hydrogen-bond donors (Lipinski definition) is 0. The first-order valence-corrected chi connectivity index (χ1v) is 10.6. The number of aryl methyl sites for hydroxylation is 3. The number of aromatic nitrogens is 1. The third kappa shape index (κ3) is 2.85. The molecule has 0 radical (unpaired) electrons. The van der Waals surface area contributed by atoms with Crippen LogP contribution in [0, 0.1) is 6.92 Å². The number of fused-ring (bicyclic) bond motifs is 1. The maximum absolute atomic E-state index is 12.9. The first-order valence-electron chi connectivity index (χ1n) is 8.33. The summed E-state index contributed by atoms with van der Waals surface area (Å²) in [5.41, 5.74) is 2.51. The van der Waals surface area contributed by atoms with Crippen LogP contribution in [0.1, 0.15) is 22.4 Å². The molecule has 24 heavy (non-hydrogen) atoms. The van der Waals surface area contributed by atoms with Crippen molar-refractivity contribution >= 4 is 26.5 Å². The minimum absolute atomic E-state index is 0.446. The van der Waals surface area contributed by atoms with Crippen molar-refractivity contribution in [3.8, 4) is 0 Å². The van der Waals surface area contributed by atoms with Gasteiger partial charge in [-0.05, 0) is 49.4 Å².